The number of hydrogen-bond donors (Lipinski definition) is 1. The summed E-state index contributed by atoms with van der Waals surface area (Å²) in [6.07, 6.45) is 2.74. The van der Waals surface area contributed by atoms with E-state index in [1.165, 1.54) is 4.90 Å². The molecular weight excluding hydrogens is 234 g/mol. The normalized spacial score (nSPS) is 11.9. The highest BCUT2D eigenvalue weighted by atomic mass is 32.2. The van der Waals surface area contributed by atoms with Crippen molar-refractivity contribution in [3.8, 4) is 0 Å². The predicted molar refractivity (Wildman–Crippen MR) is 72.6 cm³/mol. The van der Waals surface area contributed by atoms with Gasteiger partial charge in [-0.2, -0.15) is 0 Å². The second-order valence-electron chi connectivity index (χ2n) is 3.59. The van der Waals surface area contributed by atoms with Gasteiger partial charge in [-0.3, -0.25) is 0 Å². The molecule has 1 aromatic rings. The molecule has 0 spiro atoms. The van der Waals surface area contributed by atoms with Gasteiger partial charge in [0.2, 0.25) is 0 Å². The highest BCUT2D eigenvalue weighted by Gasteiger charge is 2.16. The first-order valence-corrected chi connectivity index (χ1v) is 7.01. The fourth-order valence-corrected chi connectivity index (χ4v) is 1.94. The second kappa shape index (κ2) is 7.22. The van der Waals surface area contributed by atoms with Gasteiger partial charge in [0.15, 0.2) is 0 Å². The smallest absolute Gasteiger partial charge is 0.328 e. The van der Waals surface area contributed by atoms with Crippen molar-refractivity contribution < 1.29 is 9.53 Å². The van der Waals surface area contributed by atoms with Crippen LogP contribution in [0, 0.1) is 0 Å². The van der Waals surface area contributed by atoms with E-state index in [-0.39, 0.29) is 12.0 Å². The molecule has 94 valence electrons. The second-order valence-corrected chi connectivity index (χ2v) is 4.47. The minimum atomic E-state index is -0.271. The van der Waals surface area contributed by atoms with Crippen LogP contribution in [0.4, 0.5) is 5.69 Å². The van der Waals surface area contributed by atoms with Gasteiger partial charge >= 0.3 is 5.97 Å². The number of esters is 1. The number of hydrogen-bond acceptors (Lipinski definition) is 4. The van der Waals surface area contributed by atoms with Crippen molar-refractivity contribution in [1.29, 1.82) is 0 Å². The Morgan fingerprint density at radius 1 is 1.47 bits per heavy atom. The van der Waals surface area contributed by atoms with E-state index < -0.39 is 0 Å². The first-order chi connectivity index (χ1) is 8.21. The zero-order chi connectivity index (χ0) is 12.7. The average Bonchev–Trinajstić information content (AvgIpc) is 2.36. The maximum absolute atomic E-state index is 11.6. The Morgan fingerprint density at radius 2 is 2.24 bits per heavy atom. The van der Waals surface area contributed by atoms with Gasteiger partial charge in [-0.1, -0.05) is 13.0 Å². The molecule has 0 aromatic heterocycles. The first-order valence-electron chi connectivity index (χ1n) is 5.78. The van der Waals surface area contributed by atoms with Gasteiger partial charge < -0.3 is 10.1 Å². The largest absolute Gasteiger partial charge is 0.464 e. The molecule has 0 aliphatic heterocycles. The van der Waals surface area contributed by atoms with Gasteiger partial charge in [-0.15, -0.1) is 11.8 Å². The van der Waals surface area contributed by atoms with Crippen molar-refractivity contribution in [2.24, 2.45) is 0 Å². The molecule has 17 heavy (non-hydrogen) atoms. The number of thioether (sulfide) groups is 1. The van der Waals surface area contributed by atoms with E-state index in [0.29, 0.717) is 13.0 Å². The third kappa shape index (κ3) is 4.30. The standard InChI is InChI=1S/C13H19NO2S/c1-4-12(13(15)16-5-2)14-10-7-6-8-11(9-10)17-3/h6-9,12,14H,4-5H2,1-3H3. The maximum Gasteiger partial charge on any atom is 0.328 e. The van der Waals surface area contributed by atoms with Crippen LogP contribution < -0.4 is 5.32 Å². The molecule has 3 nitrogen and oxygen atoms in total. The van der Waals surface area contributed by atoms with E-state index in [1.807, 2.05) is 44.4 Å². The van der Waals surface area contributed by atoms with Crippen molar-refractivity contribution in [2.75, 3.05) is 18.2 Å². The summed E-state index contributed by atoms with van der Waals surface area (Å²) < 4.78 is 5.02. The van der Waals surface area contributed by atoms with Crippen LogP contribution in [0.2, 0.25) is 0 Å². The molecule has 0 bridgehead atoms. The van der Waals surface area contributed by atoms with Crippen molar-refractivity contribution in [3.05, 3.63) is 24.3 Å². The average molecular weight is 253 g/mol. The quantitative estimate of drug-likeness (QED) is 0.624. The van der Waals surface area contributed by atoms with Gasteiger partial charge in [0.25, 0.3) is 0 Å². The molecule has 1 N–H and O–H groups in total. The summed E-state index contributed by atoms with van der Waals surface area (Å²) in [6.45, 7) is 4.20. The minimum absolute atomic E-state index is 0.190. The molecule has 1 aromatic carbocycles. The van der Waals surface area contributed by atoms with Gasteiger partial charge in [0.1, 0.15) is 6.04 Å². The lowest BCUT2D eigenvalue weighted by atomic mass is 10.2. The Morgan fingerprint density at radius 3 is 2.82 bits per heavy atom. The van der Waals surface area contributed by atoms with E-state index in [2.05, 4.69) is 5.32 Å². The van der Waals surface area contributed by atoms with E-state index in [9.17, 15) is 4.79 Å². The highest BCUT2D eigenvalue weighted by Crippen LogP contribution is 2.20. The fourth-order valence-electron chi connectivity index (χ4n) is 1.48. The molecule has 0 aliphatic carbocycles. The monoisotopic (exact) mass is 253 g/mol. The first kappa shape index (κ1) is 13.9. The summed E-state index contributed by atoms with van der Waals surface area (Å²) in [5, 5.41) is 3.20. The van der Waals surface area contributed by atoms with Gasteiger partial charge in [0.05, 0.1) is 6.61 Å². The van der Waals surface area contributed by atoms with E-state index in [1.54, 1.807) is 11.8 Å². The number of ether oxygens (including phenoxy) is 1. The molecule has 0 fully saturated rings. The summed E-state index contributed by atoms with van der Waals surface area (Å²) in [5.41, 5.74) is 0.955. The summed E-state index contributed by atoms with van der Waals surface area (Å²) in [6, 6.07) is 7.74. The van der Waals surface area contributed by atoms with Gasteiger partial charge in [0, 0.05) is 10.6 Å². The van der Waals surface area contributed by atoms with Crippen LogP contribution in [0.1, 0.15) is 20.3 Å². The summed E-state index contributed by atoms with van der Waals surface area (Å²) in [4.78, 5) is 12.8. The lowest BCUT2D eigenvalue weighted by Gasteiger charge is -2.16. The Labute approximate surface area is 107 Å². The molecular formula is C13H19NO2S. The van der Waals surface area contributed by atoms with E-state index in [0.717, 1.165) is 5.69 Å². The number of carbonyl (C=O) groups excluding carboxylic acids is 1. The summed E-state index contributed by atoms with van der Waals surface area (Å²) >= 11 is 1.68. The Kier molecular flexibility index (Phi) is 5.91. The number of rotatable bonds is 6. The van der Waals surface area contributed by atoms with Crippen molar-refractivity contribution >= 4 is 23.4 Å². The van der Waals surface area contributed by atoms with Crippen LogP contribution in [-0.2, 0) is 9.53 Å². The summed E-state index contributed by atoms with van der Waals surface area (Å²) in [7, 11) is 0. The zero-order valence-corrected chi connectivity index (χ0v) is 11.3. The summed E-state index contributed by atoms with van der Waals surface area (Å²) in [5.74, 6) is -0.190. The minimum Gasteiger partial charge on any atom is -0.464 e. The van der Waals surface area contributed by atoms with Gasteiger partial charge in [-0.25, -0.2) is 4.79 Å². The number of anilines is 1. The molecule has 1 atom stereocenters. The molecule has 1 unspecified atom stereocenters. The topological polar surface area (TPSA) is 38.3 Å². The lowest BCUT2D eigenvalue weighted by molar-refractivity contribution is -0.144. The SMILES string of the molecule is CCOC(=O)C(CC)Nc1cccc(SC)c1. The van der Waals surface area contributed by atoms with Crippen molar-refractivity contribution in [2.45, 2.75) is 31.2 Å². The molecule has 0 radical (unpaired) electrons. The molecule has 1 rings (SSSR count). The van der Waals surface area contributed by atoms with Crippen LogP contribution in [0.5, 0.6) is 0 Å². The molecule has 4 heteroatoms. The Hall–Kier alpha value is -1.16. The molecule has 0 heterocycles. The lowest BCUT2D eigenvalue weighted by Crippen LogP contribution is -2.30. The number of benzene rings is 1. The number of carbonyl (C=O) groups is 1. The van der Waals surface area contributed by atoms with Crippen LogP contribution in [0.25, 0.3) is 0 Å². The van der Waals surface area contributed by atoms with Crippen LogP contribution >= 0.6 is 11.8 Å². The third-order valence-corrected chi connectivity index (χ3v) is 3.12. The third-order valence-electron chi connectivity index (χ3n) is 2.39. The molecule has 0 saturated heterocycles. The maximum atomic E-state index is 11.6. The molecule has 0 aliphatic rings. The van der Waals surface area contributed by atoms with Crippen LogP contribution in [-0.4, -0.2) is 24.9 Å². The number of nitrogens with one attached hydrogen (secondary N) is 1. The van der Waals surface area contributed by atoms with E-state index in [4.69, 9.17) is 4.74 Å². The Balaban J connectivity index is 2.69. The fraction of sp³-hybridized carbons (Fsp3) is 0.462. The Bertz CT molecular complexity index is 368. The van der Waals surface area contributed by atoms with Crippen LogP contribution in [0.3, 0.4) is 0 Å². The highest BCUT2D eigenvalue weighted by molar-refractivity contribution is 7.98. The zero-order valence-electron chi connectivity index (χ0n) is 10.5. The van der Waals surface area contributed by atoms with Gasteiger partial charge in [-0.05, 0) is 37.8 Å². The predicted octanol–water partition coefficient (Wildman–Crippen LogP) is 3.16. The van der Waals surface area contributed by atoms with Crippen molar-refractivity contribution in [3.63, 3.8) is 0 Å². The van der Waals surface area contributed by atoms with Crippen LogP contribution in [0.15, 0.2) is 29.2 Å². The molecule has 0 saturated carbocycles. The van der Waals surface area contributed by atoms with Crippen molar-refractivity contribution in [1.82, 2.24) is 0 Å². The molecule has 0 amide bonds. The van der Waals surface area contributed by atoms with E-state index >= 15 is 0 Å².